The summed E-state index contributed by atoms with van der Waals surface area (Å²) in [5, 5.41) is 9.65. The van der Waals surface area contributed by atoms with E-state index in [0.29, 0.717) is 5.76 Å². The lowest BCUT2D eigenvalue weighted by Crippen LogP contribution is -2.17. The standard InChI is InChI=1S/C10H16O2/c1-3-8(2)10(11)9-6-4-5-7-12-9/h6,10-11H,2-5,7H2,1H3. The number of hydrogen-bond donors (Lipinski definition) is 1. The predicted octanol–water partition coefficient (Wildman–Crippen LogP) is 2.01. The molecule has 0 aromatic rings. The van der Waals surface area contributed by atoms with E-state index in [0.717, 1.165) is 31.4 Å². The summed E-state index contributed by atoms with van der Waals surface area (Å²) in [6.07, 6.45) is 4.21. The molecule has 1 atom stereocenters. The van der Waals surface area contributed by atoms with Crippen LogP contribution in [0.3, 0.4) is 0 Å². The normalized spacial score (nSPS) is 19.3. The molecule has 1 N–H and O–H groups in total. The van der Waals surface area contributed by atoms with Crippen molar-refractivity contribution in [2.45, 2.75) is 32.3 Å². The minimum atomic E-state index is -0.588. The molecule has 1 aliphatic heterocycles. The molecular weight excluding hydrogens is 152 g/mol. The minimum Gasteiger partial charge on any atom is -0.495 e. The lowest BCUT2D eigenvalue weighted by Gasteiger charge is -2.20. The predicted molar refractivity (Wildman–Crippen MR) is 48.7 cm³/mol. The topological polar surface area (TPSA) is 29.5 Å². The first-order valence-corrected chi connectivity index (χ1v) is 4.44. The molecule has 0 bridgehead atoms. The molecule has 0 aromatic heterocycles. The molecule has 0 aliphatic carbocycles. The Hall–Kier alpha value is -0.760. The molecule has 1 unspecified atom stereocenters. The third-order valence-electron chi connectivity index (χ3n) is 2.07. The lowest BCUT2D eigenvalue weighted by atomic mass is 10.1. The fraction of sp³-hybridized carbons (Fsp3) is 0.600. The average molecular weight is 168 g/mol. The Kier molecular flexibility index (Phi) is 3.35. The van der Waals surface area contributed by atoms with Gasteiger partial charge >= 0.3 is 0 Å². The fourth-order valence-electron chi connectivity index (χ4n) is 1.16. The molecule has 1 heterocycles. The van der Waals surface area contributed by atoms with Crippen LogP contribution in [0.1, 0.15) is 26.2 Å². The van der Waals surface area contributed by atoms with Gasteiger partial charge in [-0.3, -0.25) is 0 Å². The molecule has 0 radical (unpaired) electrons. The van der Waals surface area contributed by atoms with Crippen LogP contribution in [0.25, 0.3) is 0 Å². The number of ether oxygens (including phenoxy) is 1. The van der Waals surface area contributed by atoms with Crippen LogP contribution >= 0.6 is 0 Å². The summed E-state index contributed by atoms with van der Waals surface area (Å²) in [6, 6.07) is 0. The van der Waals surface area contributed by atoms with Crippen molar-refractivity contribution < 1.29 is 9.84 Å². The monoisotopic (exact) mass is 168 g/mol. The maximum absolute atomic E-state index is 9.65. The first-order chi connectivity index (χ1) is 5.75. The van der Waals surface area contributed by atoms with Gasteiger partial charge in [0.1, 0.15) is 11.9 Å². The number of hydrogen-bond acceptors (Lipinski definition) is 2. The third-order valence-corrected chi connectivity index (χ3v) is 2.07. The molecule has 0 saturated heterocycles. The van der Waals surface area contributed by atoms with E-state index in [9.17, 15) is 5.11 Å². The molecule has 0 aromatic carbocycles. The van der Waals surface area contributed by atoms with Crippen molar-refractivity contribution in [1.82, 2.24) is 0 Å². The quantitative estimate of drug-likeness (QED) is 0.653. The van der Waals surface area contributed by atoms with E-state index in [4.69, 9.17) is 4.74 Å². The molecule has 2 nitrogen and oxygen atoms in total. The van der Waals surface area contributed by atoms with Gasteiger partial charge in [-0.25, -0.2) is 0 Å². The van der Waals surface area contributed by atoms with E-state index in [1.165, 1.54) is 0 Å². The smallest absolute Gasteiger partial charge is 0.131 e. The fourth-order valence-corrected chi connectivity index (χ4v) is 1.16. The van der Waals surface area contributed by atoms with Crippen molar-refractivity contribution in [2.24, 2.45) is 0 Å². The summed E-state index contributed by atoms with van der Waals surface area (Å²) in [4.78, 5) is 0. The Bertz CT molecular complexity index is 194. The van der Waals surface area contributed by atoms with Crippen LogP contribution in [0.4, 0.5) is 0 Å². The summed E-state index contributed by atoms with van der Waals surface area (Å²) in [7, 11) is 0. The van der Waals surface area contributed by atoms with Gasteiger partial charge in [0.15, 0.2) is 0 Å². The van der Waals surface area contributed by atoms with Gasteiger partial charge in [-0.2, -0.15) is 0 Å². The van der Waals surface area contributed by atoms with E-state index >= 15 is 0 Å². The van der Waals surface area contributed by atoms with Gasteiger partial charge in [0.25, 0.3) is 0 Å². The van der Waals surface area contributed by atoms with Gasteiger partial charge in [0, 0.05) is 0 Å². The largest absolute Gasteiger partial charge is 0.495 e. The Labute approximate surface area is 73.5 Å². The van der Waals surface area contributed by atoms with Crippen molar-refractivity contribution in [3.05, 3.63) is 24.0 Å². The van der Waals surface area contributed by atoms with Gasteiger partial charge in [0.05, 0.1) is 6.61 Å². The van der Waals surface area contributed by atoms with Gasteiger partial charge in [-0.15, -0.1) is 0 Å². The molecule has 0 fully saturated rings. The van der Waals surface area contributed by atoms with Crippen LogP contribution in [0.15, 0.2) is 24.0 Å². The molecule has 1 rings (SSSR count). The maximum Gasteiger partial charge on any atom is 0.131 e. The van der Waals surface area contributed by atoms with Gasteiger partial charge in [-0.1, -0.05) is 13.5 Å². The van der Waals surface area contributed by atoms with Crippen LogP contribution < -0.4 is 0 Å². The average Bonchev–Trinajstić information content (AvgIpc) is 2.17. The van der Waals surface area contributed by atoms with Crippen molar-refractivity contribution in [2.75, 3.05) is 6.61 Å². The summed E-state index contributed by atoms with van der Waals surface area (Å²) < 4.78 is 5.31. The molecule has 0 saturated carbocycles. The lowest BCUT2D eigenvalue weighted by molar-refractivity contribution is 0.109. The maximum atomic E-state index is 9.65. The number of rotatable bonds is 3. The highest BCUT2D eigenvalue weighted by molar-refractivity contribution is 5.16. The molecular formula is C10H16O2. The van der Waals surface area contributed by atoms with Crippen molar-refractivity contribution >= 4 is 0 Å². The van der Waals surface area contributed by atoms with Gasteiger partial charge in [0.2, 0.25) is 0 Å². The molecule has 0 spiro atoms. The summed E-state index contributed by atoms with van der Waals surface area (Å²) >= 11 is 0. The van der Waals surface area contributed by atoms with Crippen LogP contribution in [0.2, 0.25) is 0 Å². The van der Waals surface area contributed by atoms with Crippen LogP contribution in [-0.2, 0) is 4.74 Å². The summed E-state index contributed by atoms with van der Waals surface area (Å²) in [5.74, 6) is 0.688. The van der Waals surface area contributed by atoms with Crippen molar-refractivity contribution in [1.29, 1.82) is 0 Å². The molecule has 68 valence electrons. The highest BCUT2D eigenvalue weighted by Gasteiger charge is 2.16. The van der Waals surface area contributed by atoms with Crippen LogP contribution in [-0.4, -0.2) is 17.8 Å². The van der Waals surface area contributed by atoms with E-state index in [1.807, 2.05) is 13.0 Å². The SMILES string of the molecule is C=C(CC)C(O)C1=CCCCO1. The van der Waals surface area contributed by atoms with Gasteiger partial charge < -0.3 is 9.84 Å². The highest BCUT2D eigenvalue weighted by atomic mass is 16.5. The van der Waals surface area contributed by atoms with Crippen LogP contribution in [0.5, 0.6) is 0 Å². The second-order valence-corrected chi connectivity index (χ2v) is 3.01. The second kappa shape index (κ2) is 4.31. The Morgan fingerprint density at radius 2 is 2.58 bits per heavy atom. The molecule has 0 amide bonds. The number of aliphatic hydroxyl groups excluding tert-OH is 1. The Balaban J connectivity index is 2.56. The zero-order valence-electron chi connectivity index (χ0n) is 7.55. The summed E-state index contributed by atoms with van der Waals surface area (Å²) in [6.45, 7) is 6.48. The number of allylic oxidation sites excluding steroid dienone is 1. The van der Waals surface area contributed by atoms with E-state index in [2.05, 4.69) is 6.58 Å². The van der Waals surface area contributed by atoms with E-state index in [1.54, 1.807) is 0 Å². The first kappa shape index (κ1) is 9.33. The zero-order chi connectivity index (χ0) is 8.97. The molecule has 2 heteroatoms. The third kappa shape index (κ3) is 2.11. The Morgan fingerprint density at radius 1 is 1.83 bits per heavy atom. The minimum absolute atomic E-state index is 0.588. The molecule has 12 heavy (non-hydrogen) atoms. The van der Waals surface area contributed by atoms with E-state index in [-0.39, 0.29) is 0 Å². The molecule has 1 aliphatic rings. The van der Waals surface area contributed by atoms with Crippen molar-refractivity contribution in [3.63, 3.8) is 0 Å². The van der Waals surface area contributed by atoms with E-state index < -0.39 is 6.10 Å². The zero-order valence-corrected chi connectivity index (χ0v) is 7.55. The van der Waals surface area contributed by atoms with Crippen molar-refractivity contribution in [3.8, 4) is 0 Å². The van der Waals surface area contributed by atoms with Crippen LogP contribution in [0, 0.1) is 0 Å². The highest BCUT2D eigenvalue weighted by Crippen LogP contribution is 2.19. The second-order valence-electron chi connectivity index (χ2n) is 3.01. The number of aliphatic hydroxyl groups is 1. The first-order valence-electron chi connectivity index (χ1n) is 4.44. The Morgan fingerprint density at radius 3 is 3.08 bits per heavy atom. The summed E-state index contributed by atoms with van der Waals surface area (Å²) in [5.41, 5.74) is 0.822. The van der Waals surface area contributed by atoms with Gasteiger partial charge in [-0.05, 0) is 30.9 Å².